The number of hydrogen-bond donors (Lipinski definition) is 3. The number of aliphatic carboxylic acids is 1. The molecule has 2 heterocycles. The van der Waals surface area contributed by atoms with E-state index in [-0.39, 0.29) is 12.6 Å². The molecule has 0 aromatic carbocycles. The molecule has 20 heavy (non-hydrogen) atoms. The fourth-order valence-corrected chi connectivity index (χ4v) is 1.63. The summed E-state index contributed by atoms with van der Waals surface area (Å²) in [5.41, 5.74) is 0.412. The van der Waals surface area contributed by atoms with Gasteiger partial charge >= 0.3 is 12.0 Å². The standard InChI is InChI=1S/C12H14N4O4/c1-8(10-3-2-4-20-10)14-12(19)15-9-5-13-16(6-9)7-11(17)18/h2-6,8H,7H2,1H3,(H,17,18)(H2,14,15,19). The van der Waals surface area contributed by atoms with Crippen LogP contribution in [0.25, 0.3) is 0 Å². The van der Waals surface area contributed by atoms with Crippen LogP contribution >= 0.6 is 0 Å². The van der Waals surface area contributed by atoms with Gasteiger partial charge in [-0.25, -0.2) is 4.79 Å². The number of carboxylic acids is 1. The second kappa shape index (κ2) is 5.91. The van der Waals surface area contributed by atoms with Crippen molar-refractivity contribution >= 4 is 17.7 Å². The zero-order valence-electron chi connectivity index (χ0n) is 10.7. The molecule has 0 saturated carbocycles. The maximum atomic E-state index is 11.7. The van der Waals surface area contributed by atoms with Crippen LogP contribution in [0.4, 0.5) is 10.5 Å². The first kappa shape index (κ1) is 13.7. The first-order valence-electron chi connectivity index (χ1n) is 5.90. The minimum atomic E-state index is -1.00. The zero-order chi connectivity index (χ0) is 14.5. The van der Waals surface area contributed by atoms with Crippen LogP contribution in [0.1, 0.15) is 18.7 Å². The van der Waals surface area contributed by atoms with Crippen LogP contribution in [0.15, 0.2) is 35.2 Å². The number of carbonyl (C=O) groups is 2. The number of carboxylic acid groups (broad SMARTS) is 1. The highest BCUT2D eigenvalue weighted by Gasteiger charge is 2.12. The van der Waals surface area contributed by atoms with Gasteiger partial charge in [-0.3, -0.25) is 9.48 Å². The second-order valence-corrected chi connectivity index (χ2v) is 4.16. The summed E-state index contributed by atoms with van der Waals surface area (Å²) < 4.78 is 6.39. The quantitative estimate of drug-likeness (QED) is 0.766. The van der Waals surface area contributed by atoms with Crippen LogP contribution in [-0.2, 0) is 11.3 Å². The van der Waals surface area contributed by atoms with Crippen LogP contribution < -0.4 is 10.6 Å². The Hall–Kier alpha value is -2.77. The summed E-state index contributed by atoms with van der Waals surface area (Å²) in [5, 5.41) is 17.7. The van der Waals surface area contributed by atoms with Gasteiger partial charge in [-0.15, -0.1) is 0 Å². The van der Waals surface area contributed by atoms with Crippen molar-refractivity contribution in [2.24, 2.45) is 0 Å². The minimum Gasteiger partial charge on any atom is -0.480 e. The van der Waals surface area contributed by atoms with Crippen molar-refractivity contribution in [2.45, 2.75) is 19.5 Å². The van der Waals surface area contributed by atoms with E-state index in [1.165, 1.54) is 23.3 Å². The molecule has 0 aliphatic carbocycles. The van der Waals surface area contributed by atoms with Gasteiger partial charge in [-0.1, -0.05) is 0 Å². The summed E-state index contributed by atoms with van der Waals surface area (Å²) in [5.74, 6) is -0.364. The molecule has 8 heteroatoms. The molecule has 2 rings (SSSR count). The minimum absolute atomic E-state index is 0.258. The molecule has 1 atom stereocenters. The molecule has 2 amide bonds. The molecule has 0 saturated heterocycles. The Balaban J connectivity index is 1.88. The van der Waals surface area contributed by atoms with E-state index >= 15 is 0 Å². The van der Waals surface area contributed by atoms with Crippen molar-refractivity contribution in [2.75, 3.05) is 5.32 Å². The average Bonchev–Trinajstić information content (AvgIpc) is 2.99. The van der Waals surface area contributed by atoms with Gasteiger partial charge < -0.3 is 20.2 Å². The molecule has 2 aromatic rings. The summed E-state index contributed by atoms with van der Waals surface area (Å²) in [4.78, 5) is 22.2. The number of nitrogens with one attached hydrogen (secondary N) is 2. The van der Waals surface area contributed by atoms with Crippen molar-refractivity contribution in [1.29, 1.82) is 0 Å². The van der Waals surface area contributed by atoms with Crippen LogP contribution in [0, 0.1) is 0 Å². The predicted molar refractivity (Wildman–Crippen MR) is 69.1 cm³/mol. The van der Waals surface area contributed by atoms with Crippen LogP contribution in [-0.4, -0.2) is 26.9 Å². The van der Waals surface area contributed by atoms with E-state index in [2.05, 4.69) is 15.7 Å². The van der Waals surface area contributed by atoms with Gasteiger partial charge in [0.1, 0.15) is 12.3 Å². The number of anilines is 1. The highest BCUT2D eigenvalue weighted by molar-refractivity contribution is 5.89. The van der Waals surface area contributed by atoms with E-state index in [1.54, 1.807) is 19.1 Å². The highest BCUT2D eigenvalue weighted by atomic mass is 16.4. The number of furan rings is 1. The fourth-order valence-electron chi connectivity index (χ4n) is 1.63. The van der Waals surface area contributed by atoms with E-state index in [9.17, 15) is 9.59 Å². The van der Waals surface area contributed by atoms with Crippen molar-refractivity contribution in [3.8, 4) is 0 Å². The molecule has 0 fully saturated rings. The molecule has 3 N–H and O–H groups in total. The SMILES string of the molecule is CC(NC(=O)Nc1cnn(CC(=O)O)c1)c1ccco1. The molecule has 0 radical (unpaired) electrons. The second-order valence-electron chi connectivity index (χ2n) is 4.16. The molecule has 0 spiro atoms. The first-order valence-corrected chi connectivity index (χ1v) is 5.90. The Morgan fingerprint density at radius 3 is 3.00 bits per heavy atom. The topological polar surface area (TPSA) is 109 Å². The lowest BCUT2D eigenvalue weighted by molar-refractivity contribution is -0.137. The third-order valence-electron chi connectivity index (χ3n) is 2.51. The first-order chi connectivity index (χ1) is 9.54. The third-order valence-corrected chi connectivity index (χ3v) is 2.51. The summed E-state index contributed by atoms with van der Waals surface area (Å²) in [7, 11) is 0. The van der Waals surface area contributed by atoms with Crippen molar-refractivity contribution in [1.82, 2.24) is 15.1 Å². The smallest absolute Gasteiger partial charge is 0.325 e. The van der Waals surface area contributed by atoms with Crippen molar-refractivity contribution in [3.63, 3.8) is 0 Å². The van der Waals surface area contributed by atoms with Crippen molar-refractivity contribution in [3.05, 3.63) is 36.5 Å². The number of rotatable bonds is 5. The van der Waals surface area contributed by atoms with Crippen LogP contribution in [0.3, 0.4) is 0 Å². The lowest BCUT2D eigenvalue weighted by atomic mass is 10.2. The summed E-state index contributed by atoms with van der Waals surface area (Å²) in [6, 6.07) is 2.79. The normalized spacial score (nSPS) is 11.8. The lowest BCUT2D eigenvalue weighted by Crippen LogP contribution is -2.30. The van der Waals surface area contributed by atoms with Crippen LogP contribution in [0.5, 0.6) is 0 Å². The molecular weight excluding hydrogens is 264 g/mol. The largest absolute Gasteiger partial charge is 0.480 e. The van der Waals surface area contributed by atoms with E-state index in [0.29, 0.717) is 11.4 Å². The van der Waals surface area contributed by atoms with Gasteiger partial charge in [-0.2, -0.15) is 5.10 Å². The zero-order valence-corrected chi connectivity index (χ0v) is 10.7. The van der Waals surface area contributed by atoms with Gasteiger partial charge in [-0.05, 0) is 19.1 Å². The number of aromatic nitrogens is 2. The number of carbonyl (C=O) groups excluding carboxylic acids is 1. The Labute approximate surface area is 114 Å². The average molecular weight is 278 g/mol. The van der Waals surface area contributed by atoms with Gasteiger partial charge in [0.05, 0.1) is 24.2 Å². The van der Waals surface area contributed by atoms with Crippen LogP contribution in [0.2, 0.25) is 0 Å². The van der Waals surface area contributed by atoms with E-state index < -0.39 is 12.0 Å². The lowest BCUT2D eigenvalue weighted by Gasteiger charge is -2.11. The molecule has 0 bridgehead atoms. The molecule has 0 aliphatic heterocycles. The number of amides is 2. The Morgan fingerprint density at radius 2 is 2.35 bits per heavy atom. The summed E-state index contributed by atoms with van der Waals surface area (Å²) >= 11 is 0. The van der Waals surface area contributed by atoms with Gasteiger partial charge in [0, 0.05) is 6.20 Å². The molecule has 106 valence electrons. The maximum absolute atomic E-state index is 11.7. The monoisotopic (exact) mass is 278 g/mol. The molecule has 8 nitrogen and oxygen atoms in total. The maximum Gasteiger partial charge on any atom is 0.325 e. The van der Waals surface area contributed by atoms with E-state index in [0.717, 1.165) is 0 Å². The van der Waals surface area contributed by atoms with E-state index in [4.69, 9.17) is 9.52 Å². The van der Waals surface area contributed by atoms with Gasteiger partial charge in [0.25, 0.3) is 0 Å². The Morgan fingerprint density at radius 1 is 1.55 bits per heavy atom. The van der Waals surface area contributed by atoms with Crippen molar-refractivity contribution < 1.29 is 19.1 Å². The molecule has 2 aromatic heterocycles. The Bertz CT molecular complexity index is 590. The van der Waals surface area contributed by atoms with Gasteiger partial charge in [0.2, 0.25) is 0 Å². The Kier molecular flexibility index (Phi) is 4.04. The number of hydrogen-bond acceptors (Lipinski definition) is 4. The summed E-state index contributed by atoms with van der Waals surface area (Å²) in [6.45, 7) is 1.53. The highest BCUT2D eigenvalue weighted by Crippen LogP contribution is 2.12. The number of nitrogens with zero attached hydrogens (tertiary/aromatic N) is 2. The predicted octanol–water partition coefficient (Wildman–Crippen LogP) is 1.44. The van der Waals surface area contributed by atoms with Gasteiger partial charge in [0.15, 0.2) is 0 Å². The van der Waals surface area contributed by atoms with E-state index in [1.807, 2.05) is 0 Å². The number of urea groups is 1. The molecule has 0 aliphatic rings. The third kappa shape index (κ3) is 3.61. The molecule has 1 unspecified atom stereocenters. The summed E-state index contributed by atoms with van der Waals surface area (Å²) in [6.07, 6.45) is 4.34. The molecular formula is C12H14N4O4. The fraction of sp³-hybridized carbons (Fsp3) is 0.250.